The van der Waals surface area contributed by atoms with E-state index in [1.54, 1.807) is 12.1 Å². The molecule has 2 aliphatic rings. The van der Waals surface area contributed by atoms with Gasteiger partial charge < -0.3 is 0 Å². The fraction of sp³-hybridized carbons (Fsp3) is 0.280. The standard InChI is InChI=1S/C25H20Cl4N2O4/c26-12-11-21(22(32)14-5-7-15(27)8-6-14)30(25(35)19-10-9-16(28)13-20(19)29)31-23(33)17-3-1-2-4-18(17)24(31)34/h1-2,5-10,13,17-18,21H,3-4,11-12H2/t17-,18-,21-/m0/s1. The van der Waals surface area contributed by atoms with Gasteiger partial charge in [0, 0.05) is 21.5 Å². The number of fused-ring (bicyclic) bond motifs is 1. The van der Waals surface area contributed by atoms with Crippen molar-refractivity contribution in [3.63, 3.8) is 0 Å². The van der Waals surface area contributed by atoms with Crippen LogP contribution in [-0.2, 0) is 9.59 Å². The van der Waals surface area contributed by atoms with Gasteiger partial charge in [-0.05, 0) is 61.7 Å². The lowest BCUT2D eigenvalue weighted by atomic mass is 9.85. The number of carbonyl (C=O) groups is 4. The monoisotopic (exact) mass is 552 g/mol. The molecule has 10 heteroatoms. The minimum Gasteiger partial charge on any atom is -0.292 e. The van der Waals surface area contributed by atoms with Crippen molar-refractivity contribution in [2.24, 2.45) is 11.8 Å². The van der Waals surface area contributed by atoms with Gasteiger partial charge in [-0.25, -0.2) is 5.01 Å². The van der Waals surface area contributed by atoms with Crippen molar-refractivity contribution in [2.45, 2.75) is 25.3 Å². The van der Waals surface area contributed by atoms with Crippen molar-refractivity contribution in [1.29, 1.82) is 0 Å². The average Bonchev–Trinajstić information content (AvgIpc) is 3.09. The van der Waals surface area contributed by atoms with Gasteiger partial charge in [0.15, 0.2) is 5.78 Å². The quantitative estimate of drug-likeness (QED) is 0.187. The van der Waals surface area contributed by atoms with Crippen molar-refractivity contribution in [2.75, 3.05) is 5.88 Å². The Labute approximate surface area is 222 Å². The molecule has 35 heavy (non-hydrogen) atoms. The lowest BCUT2D eigenvalue weighted by Crippen LogP contribution is -2.57. The predicted molar refractivity (Wildman–Crippen MR) is 135 cm³/mol. The number of amides is 3. The van der Waals surface area contributed by atoms with E-state index < -0.39 is 41.4 Å². The van der Waals surface area contributed by atoms with Crippen LogP contribution in [0.4, 0.5) is 0 Å². The Balaban J connectivity index is 1.83. The van der Waals surface area contributed by atoms with E-state index in [2.05, 4.69) is 0 Å². The average molecular weight is 554 g/mol. The molecule has 0 radical (unpaired) electrons. The van der Waals surface area contributed by atoms with Gasteiger partial charge in [0.05, 0.1) is 22.4 Å². The van der Waals surface area contributed by atoms with Gasteiger partial charge >= 0.3 is 0 Å². The molecule has 1 saturated heterocycles. The molecule has 182 valence electrons. The minimum atomic E-state index is -1.24. The molecule has 0 bridgehead atoms. The Kier molecular flexibility index (Phi) is 7.86. The molecule has 0 aromatic heterocycles. The Morgan fingerprint density at radius 2 is 1.49 bits per heavy atom. The number of alkyl halides is 1. The molecule has 1 heterocycles. The number of ketones is 1. The first-order valence-electron chi connectivity index (χ1n) is 10.9. The van der Waals surface area contributed by atoms with Gasteiger partial charge in [-0.1, -0.05) is 47.0 Å². The van der Waals surface area contributed by atoms with Crippen molar-refractivity contribution in [1.82, 2.24) is 10.0 Å². The molecule has 4 rings (SSSR count). The number of benzene rings is 2. The van der Waals surface area contributed by atoms with E-state index in [0.29, 0.717) is 22.9 Å². The highest BCUT2D eigenvalue weighted by atomic mass is 35.5. The fourth-order valence-corrected chi connectivity index (χ4v) is 5.25. The van der Waals surface area contributed by atoms with Crippen LogP contribution in [-0.4, -0.2) is 45.4 Å². The van der Waals surface area contributed by atoms with E-state index in [4.69, 9.17) is 46.4 Å². The Bertz CT molecular complexity index is 1190. The number of halogens is 4. The topological polar surface area (TPSA) is 74.8 Å². The third-order valence-corrected chi connectivity index (χ3v) is 7.20. The summed E-state index contributed by atoms with van der Waals surface area (Å²) in [5.74, 6) is -3.56. The first-order chi connectivity index (χ1) is 16.7. The SMILES string of the molecule is O=C(c1ccc(Cl)cc1)[C@H](CCCl)N(C(=O)c1ccc(Cl)cc1Cl)N1C(=O)[C@H]2CC=CC[C@@H]2C1=O. The number of Topliss-reactive ketones (excluding diaryl/α,β-unsaturated/α-hetero) is 1. The Morgan fingerprint density at radius 1 is 0.914 bits per heavy atom. The number of nitrogens with zero attached hydrogens (tertiary/aromatic N) is 2. The number of hydrogen-bond acceptors (Lipinski definition) is 4. The second kappa shape index (κ2) is 10.7. The molecule has 1 aliphatic heterocycles. The predicted octanol–water partition coefficient (Wildman–Crippen LogP) is 5.84. The van der Waals surface area contributed by atoms with Crippen LogP contribution in [0.1, 0.15) is 40.0 Å². The zero-order valence-corrected chi connectivity index (χ0v) is 21.3. The molecule has 2 aromatic rings. The van der Waals surface area contributed by atoms with Crippen LogP contribution in [0, 0.1) is 11.8 Å². The second-order valence-corrected chi connectivity index (χ2v) is 9.94. The van der Waals surface area contributed by atoms with Crippen LogP contribution >= 0.6 is 46.4 Å². The highest BCUT2D eigenvalue weighted by molar-refractivity contribution is 6.37. The van der Waals surface area contributed by atoms with E-state index in [9.17, 15) is 19.2 Å². The van der Waals surface area contributed by atoms with E-state index >= 15 is 0 Å². The maximum Gasteiger partial charge on any atom is 0.275 e. The first kappa shape index (κ1) is 25.7. The van der Waals surface area contributed by atoms with E-state index in [1.807, 2.05) is 12.2 Å². The summed E-state index contributed by atoms with van der Waals surface area (Å²) in [4.78, 5) is 54.4. The molecule has 6 nitrogen and oxygen atoms in total. The molecular formula is C25H20Cl4N2O4. The molecule has 3 atom stereocenters. The van der Waals surface area contributed by atoms with Crippen molar-refractivity contribution < 1.29 is 19.2 Å². The van der Waals surface area contributed by atoms with Crippen molar-refractivity contribution in [3.8, 4) is 0 Å². The van der Waals surface area contributed by atoms with Gasteiger partial charge in [-0.2, -0.15) is 5.01 Å². The summed E-state index contributed by atoms with van der Waals surface area (Å²) < 4.78 is 0. The number of carbonyl (C=O) groups excluding carboxylic acids is 4. The van der Waals surface area contributed by atoms with Crippen LogP contribution < -0.4 is 0 Å². The third kappa shape index (κ3) is 4.98. The zero-order valence-electron chi connectivity index (χ0n) is 18.3. The molecule has 1 aliphatic carbocycles. The van der Waals surface area contributed by atoms with Gasteiger partial charge in [-0.3, -0.25) is 19.2 Å². The second-order valence-electron chi connectivity index (χ2n) is 8.28. The number of allylic oxidation sites excluding steroid dienone is 2. The summed E-state index contributed by atoms with van der Waals surface area (Å²) in [6.45, 7) is 0. The molecule has 1 fully saturated rings. The van der Waals surface area contributed by atoms with Crippen LogP contribution in [0.25, 0.3) is 0 Å². The number of imide groups is 1. The fourth-order valence-electron chi connectivity index (χ4n) is 4.43. The highest BCUT2D eigenvalue weighted by Gasteiger charge is 2.53. The maximum absolute atomic E-state index is 13.9. The van der Waals surface area contributed by atoms with Crippen LogP contribution in [0.15, 0.2) is 54.6 Å². The third-order valence-electron chi connectivity index (χ3n) is 6.18. The van der Waals surface area contributed by atoms with Gasteiger partial charge in [0.25, 0.3) is 17.7 Å². The van der Waals surface area contributed by atoms with Gasteiger partial charge in [0.2, 0.25) is 0 Å². The molecular weight excluding hydrogens is 534 g/mol. The minimum absolute atomic E-state index is 0.00635. The van der Waals surface area contributed by atoms with Crippen molar-refractivity contribution in [3.05, 3.63) is 80.8 Å². The Morgan fingerprint density at radius 3 is 2.03 bits per heavy atom. The zero-order chi connectivity index (χ0) is 25.3. The number of rotatable bonds is 7. The van der Waals surface area contributed by atoms with Crippen LogP contribution in [0.5, 0.6) is 0 Å². The van der Waals surface area contributed by atoms with Crippen LogP contribution in [0.2, 0.25) is 15.1 Å². The number of hydrazine groups is 1. The molecule has 3 amide bonds. The lowest BCUT2D eigenvalue weighted by molar-refractivity contribution is -0.156. The summed E-state index contributed by atoms with van der Waals surface area (Å²) >= 11 is 24.3. The summed E-state index contributed by atoms with van der Waals surface area (Å²) in [5, 5.41) is 2.50. The smallest absolute Gasteiger partial charge is 0.275 e. The van der Waals surface area contributed by atoms with Gasteiger partial charge in [-0.15, -0.1) is 11.6 Å². The summed E-state index contributed by atoms with van der Waals surface area (Å²) in [5.41, 5.74) is 0.246. The van der Waals surface area contributed by atoms with Gasteiger partial charge in [0.1, 0.15) is 6.04 Å². The largest absolute Gasteiger partial charge is 0.292 e. The lowest BCUT2D eigenvalue weighted by Gasteiger charge is -2.36. The molecule has 0 spiro atoms. The molecule has 0 N–H and O–H groups in total. The summed E-state index contributed by atoms with van der Waals surface area (Å²) in [6.07, 6.45) is 4.42. The number of hydrogen-bond donors (Lipinski definition) is 0. The van der Waals surface area contributed by atoms with E-state index in [-0.39, 0.29) is 28.5 Å². The van der Waals surface area contributed by atoms with Crippen LogP contribution in [0.3, 0.4) is 0 Å². The van der Waals surface area contributed by atoms with E-state index in [0.717, 1.165) is 10.0 Å². The Hall–Kier alpha value is -2.38. The molecule has 0 saturated carbocycles. The summed E-state index contributed by atoms with van der Waals surface area (Å²) in [7, 11) is 0. The molecule has 2 aromatic carbocycles. The summed E-state index contributed by atoms with van der Waals surface area (Å²) in [6, 6.07) is 9.11. The van der Waals surface area contributed by atoms with Crippen molar-refractivity contribution >= 4 is 69.9 Å². The first-order valence-corrected chi connectivity index (χ1v) is 12.6. The highest BCUT2D eigenvalue weighted by Crippen LogP contribution is 2.38. The van der Waals surface area contributed by atoms with E-state index in [1.165, 1.54) is 30.3 Å². The maximum atomic E-state index is 13.9. The molecule has 0 unspecified atom stereocenters. The normalized spacial score (nSPS) is 20.1.